The van der Waals surface area contributed by atoms with Gasteiger partial charge in [-0.3, -0.25) is 20.0 Å². The van der Waals surface area contributed by atoms with Gasteiger partial charge in [0.15, 0.2) is 17.3 Å². The number of nitrogens with one attached hydrogen (secondary N) is 4. The zero-order valence-electron chi connectivity index (χ0n) is 21.8. The highest BCUT2D eigenvalue weighted by Gasteiger charge is 2.13. The fourth-order valence-electron chi connectivity index (χ4n) is 3.73. The first kappa shape index (κ1) is 25.9. The number of aromatic amines is 2. The third kappa shape index (κ3) is 5.88. The molecule has 0 radical (unpaired) electrons. The van der Waals surface area contributed by atoms with Gasteiger partial charge in [-0.25, -0.2) is 24.7 Å². The highest BCUT2D eigenvalue weighted by molar-refractivity contribution is 5.99. The molecule has 0 aliphatic carbocycles. The van der Waals surface area contributed by atoms with E-state index in [9.17, 15) is 4.79 Å². The molecule has 6 rings (SSSR count). The summed E-state index contributed by atoms with van der Waals surface area (Å²) in [6, 6.07) is 12.4. The van der Waals surface area contributed by atoms with Crippen LogP contribution in [0.25, 0.3) is 39.6 Å². The van der Waals surface area contributed by atoms with Crippen LogP contribution in [0, 0.1) is 6.92 Å². The van der Waals surface area contributed by atoms with Crippen molar-refractivity contribution in [1.82, 2.24) is 44.7 Å². The molecular weight excluding hydrogens is 508 g/mol. The minimum Gasteiger partial charge on any atom is -0.334 e. The minimum absolute atomic E-state index is 0.398. The molecule has 4 N–H and O–H groups in total. The summed E-state index contributed by atoms with van der Waals surface area (Å²) in [5.41, 5.74) is 5.21. The molecule has 0 spiro atoms. The Hall–Kier alpha value is -5.72. The molecule has 5 aromatic heterocycles. The molecule has 200 valence electrons. The molecule has 0 atom stereocenters. The lowest BCUT2D eigenvalue weighted by atomic mass is 10.2. The molecule has 13 nitrogen and oxygen atoms in total. The number of hydrogen-bond acceptors (Lipinski definition) is 8. The standard InChI is InChI=1S/C24H19N11O.C3H7N/c1-14-11-35(13-28-14)23-20-22(26-12-27-23)32-21(31-20)15-4-6-17(7-5-15)29-24(36)30-19-9-18(33-34-19)16-3-2-8-25-10-16;1-3-4-2/h2-13H,1H3,(H,26,27,31,32)(H3,29,30,33,34,36);2-3H2,1H3. The van der Waals surface area contributed by atoms with Crippen molar-refractivity contribution in [3.05, 3.63) is 79.4 Å². The molecule has 5 heterocycles. The van der Waals surface area contributed by atoms with Gasteiger partial charge in [0.1, 0.15) is 24.0 Å². The van der Waals surface area contributed by atoms with E-state index in [-0.39, 0.29) is 0 Å². The number of H-pyrrole nitrogens is 2. The molecule has 0 unspecified atom stereocenters. The quantitative estimate of drug-likeness (QED) is 0.226. The molecular formula is C27H26N12O. The first-order valence-electron chi connectivity index (χ1n) is 12.3. The van der Waals surface area contributed by atoms with Crippen molar-refractivity contribution in [3.8, 4) is 28.5 Å². The molecule has 1 aromatic carbocycles. The molecule has 0 fully saturated rings. The number of aliphatic imine (C=N–C) groups is 1. The summed E-state index contributed by atoms with van der Waals surface area (Å²) < 4.78 is 1.83. The second-order valence-electron chi connectivity index (χ2n) is 8.51. The molecule has 0 aliphatic heterocycles. The van der Waals surface area contributed by atoms with Crippen molar-refractivity contribution in [2.75, 3.05) is 17.2 Å². The van der Waals surface area contributed by atoms with Crippen LogP contribution in [-0.4, -0.2) is 64.0 Å². The van der Waals surface area contributed by atoms with Gasteiger partial charge < -0.3 is 15.3 Å². The van der Waals surface area contributed by atoms with E-state index in [2.05, 4.69) is 62.4 Å². The van der Waals surface area contributed by atoms with Gasteiger partial charge in [0.2, 0.25) is 0 Å². The number of imidazole rings is 2. The summed E-state index contributed by atoms with van der Waals surface area (Å²) in [5.74, 6) is 1.70. The maximum Gasteiger partial charge on any atom is 0.324 e. The number of urea groups is 1. The van der Waals surface area contributed by atoms with Crippen molar-refractivity contribution in [2.24, 2.45) is 4.99 Å². The summed E-state index contributed by atoms with van der Waals surface area (Å²) in [4.78, 5) is 40.8. The molecule has 13 heteroatoms. The predicted molar refractivity (Wildman–Crippen MR) is 154 cm³/mol. The molecule has 40 heavy (non-hydrogen) atoms. The van der Waals surface area contributed by atoms with Crippen molar-refractivity contribution in [1.29, 1.82) is 0 Å². The van der Waals surface area contributed by atoms with Crippen molar-refractivity contribution < 1.29 is 4.79 Å². The van der Waals surface area contributed by atoms with E-state index in [1.807, 2.05) is 48.9 Å². The lowest BCUT2D eigenvalue weighted by Crippen LogP contribution is -2.19. The van der Waals surface area contributed by atoms with Gasteiger partial charge in [0.25, 0.3) is 0 Å². The normalized spacial score (nSPS) is 10.6. The number of aromatic nitrogens is 9. The Bertz CT molecular complexity index is 1730. The molecule has 6 aromatic rings. The molecule has 0 saturated carbocycles. The Labute approximate surface area is 228 Å². The second-order valence-corrected chi connectivity index (χ2v) is 8.51. The Balaban J connectivity index is 0.000000758. The fourth-order valence-corrected chi connectivity index (χ4v) is 3.73. The third-order valence-corrected chi connectivity index (χ3v) is 5.66. The lowest BCUT2D eigenvalue weighted by Gasteiger charge is -2.06. The smallest absolute Gasteiger partial charge is 0.324 e. The summed E-state index contributed by atoms with van der Waals surface area (Å²) in [6.45, 7) is 7.93. The van der Waals surface area contributed by atoms with Crippen LogP contribution >= 0.6 is 0 Å². The van der Waals surface area contributed by atoms with Crippen LogP contribution in [-0.2, 0) is 0 Å². The molecule has 0 aliphatic rings. The van der Waals surface area contributed by atoms with Gasteiger partial charge >= 0.3 is 6.03 Å². The number of pyridine rings is 1. The third-order valence-electron chi connectivity index (χ3n) is 5.66. The Morgan fingerprint density at radius 1 is 1.10 bits per heavy atom. The monoisotopic (exact) mass is 534 g/mol. The van der Waals surface area contributed by atoms with Crippen LogP contribution in [0.2, 0.25) is 0 Å². The molecule has 0 saturated heterocycles. The van der Waals surface area contributed by atoms with Gasteiger partial charge in [-0.2, -0.15) is 5.10 Å². The molecule has 2 amide bonds. The first-order chi connectivity index (χ1) is 19.5. The van der Waals surface area contributed by atoms with Crippen LogP contribution < -0.4 is 10.6 Å². The van der Waals surface area contributed by atoms with E-state index < -0.39 is 6.03 Å². The first-order valence-corrected chi connectivity index (χ1v) is 12.3. The zero-order chi connectivity index (χ0) is 27.9. The number of aryl methyl sites for hydroxylation is 1. The summed E-state index contributed by atoms with van der Waals surface area (Å²) in [6.07, 6.45) is 8.47. The summed E-state index contributed by atoms with van der Waals surface area (Å²) >= 11 is 0. The Morgan fingerprint density at radius 3 is 2.62 bits per heavy atom. The number of hydrogen-bond donors (Lipinski definition) is 4. The predicted octanol–water partition coefficient (Wildman–Crippen LogP) is 4.65. The van der Waals surface area contributed by atoms with Crippen LogP contribution in [0.1, 0.15) is 12.6 Å². The summed E-state index contributed by atoms with van der Waals surface area (Å²) in [5, 5.41) is 12.5. The number of rotatable bonds is 6. The van der Waals surface area contributed by atoms with Gasteiger partial charge in [0, 0.05) is 48.0 Å². The van der Waals surface area contributed by atoms with Crippen LogP contribution in [0.5, 0.6) is 0 Å². The Morgan fingerprint density at radius 2 is 1.93 bits per heavy atom. The van der Waals surface area contributed by atoms with E-state index in [4.69, 9.17) is 0 Å². The number of amides is 2. The van der Waals surface area contributed by atoms with Gasteiger partial charge in [0.05, 0.1) is 11.4 Å². The van der Waals surface area contributed by atoms with Crippen molar-refractivity contribution in [3.63, 3.8) is 0 Å². The van der Waals surface area contributed by atoms with Gasteiger partial charge in [-0.05, 0) is 57.0 Å². The van der Waals surface area contributed by atoms with E-state index in [1.165, 1.54) is 6.33 Å². The zero-order valence-corrected chi connectivity index (χ0v) is 21.8. The Kier molecular flexibility index (Phi) is 7.62. The average molecular weight is 535 g/mol. The largest absolute Gasteiger partial charge is 0.334 e. The SMILES string of the molecule is C=NCC.Cc1cn(-c2ncnc3nc(-c4ccc(NC(=O)Nc5cc(-c6cccnc6)[nH]n5)cc4)[nH]c23)cn1. The van der Waals surface area contributed by atoms with Gasteiger partial charge in [-0.15, -0.1) is 0 Å². The van der Waals surface area contributed by atoms with Crippen LogP contribution in [0.3, 0.4) is 0 Å². The van der Waals surface area contributed by atoms with E-state index in [1.54, 1.807) is 36.9 Å². The van der Waals surface area contributed by atoms with Crippen molar-refractivity contribution >= 4 is 35.4 Å². The number of carbonyl (C=O) groups is 1. The van der Waals surface area contributed by atoms with Crippen molar-refractivity contribution in [2.45, 2.75) is 13.8 Å². The minimum atomic E-state index is -0.411. The van der Waals surface area contributed by atoms with Gasteiger partial charge in [-0.1, -0.05) is 0 Å². The number of benzene rings is 1. The maximum absolute atomic E-state index is 12.4. The second kappa shape index (κ2) is 11.8. The topological polar surface area (TPSA) is 167 Å². The molecule has 0 bridgehead atoms. The average Bonchev–Trinajstić information content (AvgIpc) is 3.74. The van der Waals surface area contributed by atoms with E-state index >= 15 is 0 Å². The van der Waals surface area contributed by atoms with E-state index in [0.717, 1.165) is 29.1 Å². The number of anilines is 2. The highest BCUT2D eigenvalue weighted by Crippen LogP contribution is 2.24. The number of fused-ring (bicyclic) bond motifs is 1. The van der Waals surface area contributed by atoms with Crippen LogP contribution in [0.4, 0.5) is 16.3 Å². The fraction of sp³-hybridized carbons (Fsp3) is 0.111. The number of nitrogens with zero attached hydrogens (tertiary/aromatic N) is 8. The highest BCUT2D eigenvalue weighted by atomic mass is 16.2. The maximum atomic E-state index is 12.4. The van der Waals surface area contributed by atoms with E-state index in [0.29, 0.717) is 34.3 Å². The number of carbonyl (C=O) groups excluding carboxylic acids is 1. The lowest BCUT2D eigenvalue weighted by molar-refractivity contribution is 0.262. The van der Waals surface area contributed by atoms with Crippen LogP contribution in [0.15, 0.2) is 78.7 Å². The summed E-state index contributed by atoms with van der Waals surface area (Å²) in [7, 11) is 0.